The zero-order valence-corrected chi connectivity index (χ0v) is 80.8. The molecule has 4 amide bonds. The number of anilines is 4. The van der Waals surface area contributed by atoms with Gasteiger partial charge in [0, 0.05) is 54.2 Å². The lowest BCUT2D eigenvalue weighted by molar-refractivity contribution is -0.143. The lowest BCUT2D eigenvalue weighted by atomic mass is 9.98. The molecule has 0 aliphatic carbocycles. The molecule has 4 aliphatic heterocycles. The molecule has 12 aromatic carbocycles. The number of aliphatic hydroxyl groups excluding tert-OH is 2. The van der Waals surface area contributed by atoms with Gasteiger partial charge in [-0.1, -0.05) is 168 Å². The van der Waals surface area contributed by atoms with Crippen LogP contribution in [0.4, 0.5) is 57.9 Å². The Bertz CT molecular complexity index is 6650. The first-order valence-electron chi connectivity index (χ1n) is 45.2. The van der Waals surface area contributed by atoms with Crippen LogP contribution in [0.3, 0.4) is 0 Å². The zero-order chi connectivity index (χ0) is 102. The van der Waals surface area contributed by atoms with Crippen molar-refractivity contribution in [1.82, 2.24) is 0 Å². The Balaban J connectivity index is 0.000000159. The molecule has 748 valence electrons. The van der Waals surface area contributed by atoms with E-state index in [0.717, 1.165) is 9.80 Å². The number of hydrogen-bond donors (Lipinski definition) is 2. The van der Waals surface area contributed by atoms with E-state index in [1.807, 2.05) is 13.0 Å². The van der Waals surface area contributed by atoms with Crippen molar-refractivity contribution < 1.29 is 141 Å². The summed E-state index contributed by atoms with van der Waals surface area (Å²) in [5.74, 6) is -2.15. The molecule has 0 radical (unpaired) electrons. The largest absolute Gasteiger partial charge is 0.493 e. The first kappa shape index (κ1) is 106. The average molecular weight is 2050 g/mol. The fourth-order valence-electron chi connectivity index (χ4n) is 17.0. The SMILES string of the molecule is CCOC(=O)Cc1ccc(N2C(=O)c3c(c(OCC(F)F)c4ccccc4c3OCC)C2O)c(Cl)c1.CCOC(=O)Cc1ccc(N2C(=O)c3c(c(OCC)c4ccccc4c3OCC(F)F)C2O)c(Cl)c1.CCOC(=O)Cc1ccc(N2Cc3c(c(OCC(F)F)c4ccccc4c3OCC)C2=O)c(Cl)c1.CCOC(=O)Cc1ccc(N2Cc3c(c(OCC)c4ccccc4c3OCC(F)F)C2=O)c(Cl)c1. The van der Waals surface area contributed by atoms with Gasteiger partial charge in [0.1, 0.15) is 72.4 Å². The Hall–Kier alpha value is -13.6. The minimum Gasteiger partial charge on any atom is -0.493 e. The summed E-state index contributed by atoms with van der Waals surface area (Å²) in [7, 11) is 0. The normalized spacial score (nSPS) is 13.9. The van der Waals surface area contributed by atoms with Crippen LogP contribution in [0.25, 0.3) is 43.1 Å². The topological polar surface area (TPSA) is 301 Å². The van der Waals surface area contributed by atoms with E-state index in [2.05, 4.69) is 0 Å². The molecule has 0 saturated heterocycles. The van der Waals surface area contributed by atoms with Gasteiger partial charge in [-0.05, 0) is 126 Å². The van der Waals surface area contributed by atoms with Crippen molar-refractivity contribution >= 4 is 160 Å². The lowest BCUT2D eigenvalue weighted by Gasteiger charge is -2.23. The standard InChI is InChI=1S/2C26H24ClF2NO6.2C26H24ClF2NO5/c2*1-3-34-20(31)12-14-9-10-18(17(27)11-14)30-25(32)21-22(26(30)33)24(36-13-19(28)29)16-8-6-5-7-15(16)23(21)35-4-2;1-3-33-22(31)12-15-9-10-20(19(27)11-15)30-13-18-23(26(30)32)25(34-4-2)17-8-6-5-7-16(17)24(18)35-14-21(28)29;1-3-33-22(31)12-15-9-10-20(19(27)11-15)30-13-18-23(26(30)32)25(35-14-21(28)29)17-8-6-5-7-16(17)24(18)34-4-2/h5-11,19,26,33H,3-4,12-13H2,1-2H3;5-11,19,25,32H,3-4,12-13H2,1-2H3;2*5-11,21H,3-4,12-14H2,1-2H3. The molecule has 0 saturated carbocycles. The number of benzene rings is 12. The van der Waals surface area contributed by atoms with Gasteiger partial charge in [-0.3, -0.25) is 48.2 Å². The Kier molecular flexibility index (Phi) is 35.5. The number of halogens is 12. The molecule has 38 heteroatoms. The summed E-state index contributed by atoms with van der Waals surface area (Å²) < 4.78 is 170. The summed E-state index contributed by atoms with van der Waals surface area (Å²) in [6.45, 7) is 12.8. The second-order valence-electron chi connectivity index (χ2n) is 31.6. The minimum absolute atomic E-state index is 0.0129. The Labute approximate surface area is 829 Å². The molecule has 0 fully saturated rings. The second kappa shape index (κ2) is 47.8. The number of ether oxygens (including phenoxy) is 12. The number of carbonyl (C=O) groups is 8. The van der Waals surface area contributed by atoms with E-state index in [1.165, 1.54) is 34.1 Å². The van der Waals surface area contributed by atoms with Gasteiger partial charge in [0.05, 0.1) is 168 Å². The fourth-order valence-corrected chi connectivity index (χ4v) is 18.2. The van der Waals surface area contributed by atoms with Crippen molar-refractivity contribution in [2.75, 3.05) is 98.9 Å². The number of aliphatic hydroxyl groups is 2. The van der Waals surface area contributed by atoms with Crippen molar-refractivity contribution in [1.29, 1.82) is 0 Å². The Morgan fingerprint density at radius 2 is 0.528 bits per heavy atom. The molecule has 12 aromatic rings. The molecular formula is C104H96Cl4F8N4O22. The highest BCUT2D eigenvalue weighted by molar-refractivity contribution is 6.37. The van der Waals surface area contributed by atoms with Crippen LogP contribution in [0.1, 0.15) is 154 Å². The highest BCUT2D eigenvalue weighted by Gasteiger charge is 2.48. The van der Waals surface area contributed by atoms with E-state index in [4.69, 9.17) is 103 Å². The third-order valence-electron chi connectivity index (χ3n) is 22.5. The van der Waals surface area contributed by atoms with Gasteiger partial charge in [-0.25, -0.2) is 35.1 Å². The zero-order valence-electron chi connectivity index (χ0n) is 77.7. The first-order valence-corrected chi connectivity index (χ1v) is 46.7. The molecule has 2 N–H and O–H groups in total. The first-order chi connectivity index (χ1) is 68.3. The molecule has 26 nitrogen and oxygen atoms in total. The summed E-state index contributed by atoms with van der Waals surface area (Å²) in [6, 6.07) is 46.8. The quantitative estimate of drug-likeness (QED) is 0.0209. The van der Waals surface area contributed by atoms with Gasteiger partial charge in [0.25, 0.3) is 49.3 Å². The summed E-state index contributed by atoms with van der Waals surface area (Å²) in [4.78, 5) is 107. The average Bonchev–Trinajstić information content (AvgIpc) is 1.58. The summed E-state index contributed by atoms with van der Waals surface area (Å²) in [5.41, 5.74) is 5.11. The molecule has 4 heterocycles. The van der Waals surface area contributed by atoms with Gasteiger partial charge in [0.15, 0.2) is 12.5 Å². The summed E-state index contributed by atoms with van der Waals surface area (Å²) in [5, 5.41) is 27.6. The number of amides is 4. The van der Waals surface area contributed by atoms with Crippen molar-refractivity contribution in [2.45, 2.75) is 132 Å². The Morgan fingerprint density at radius 3 is 0.810 bits per heavy atom. The van der Waals surface area contributed by atoms with Crippen LogP contribution in [0.15, 0.2) is 170 Å². The molecule has 2 atom stereocenters. The number of nitrogens with zero attached hydrogens (tertiary/aromatic N) is 4. The van der Waals surface area contributed by atoms with Crippen LogP contribution in [-0.2, 0) is 76.9 Å². The maximum Gasteiger partial charge on any atom is 0.310 e. The maximum absolute atomic E-state index is 13.7. The van der Waals surface area contributed by atoms with Crippen molar-refractivity contribution in [3.05, 3.63) is 257 Å². The molecular weight excluding hydrogens is 1950 g/mol. The predicted octanol–water partition coefficient (Wildman–Crippen LogP) is 22.2. The van der Waals surface area contributed by atoms with Crippen LogP contribution in [-0.4, -0.2) is 163 Å². The van der Waals surface area contributed by atoms with Gasteiger partial charge in [-0.15, -0.1) is 0 Å². The highest BCUT2D eigenvalue weighted by Crippen LogP contribution is 2.56. The van der Waals surface area contributed by atoms with Crippen LogP contribution in [0.5, 0.6) is 46.0 Å². The van der Waals surface area contributed by atoms with Crippen LogP contribution in [0, 0.1) is 0 Å². The third kappa shape index (κ3) is 22.9. The molecule has 0 spiro atoms. The number of rotatable bonds is 36. The molecule has 142 heavy (non-hydrogen) atoms. The number of carbonyl (C=O) groups excluding carboxylic acids is 8. The highest BCUT2D eigenvalue weighted by atomic mass is 35.5. The smallest absolute Gasteiger partial charge is 0.310 e. The summed E-state index contributed by atoms with van der Waals surface area (Å²) >= 11 is 26.0. The van der Waals surface area contributed by atoms with E-state index in [0.29, 0.717) is 113 Å². The molecule has 2 unspecified atom stereocenters. The van der Waals surface area contributed by atoms with E-state index in [1.54, 1.807) is 188 Å². The van der Waals surface area contributed by atoms with Crippen molar-refractivity contribution in [2.24, 2.45) is 0 Å². The van der Waals surface area contributed by atoms with Gasteiger partial charge in [0.2, 0.25) is 0 Å². The lowest BCUT2D eigenvalue weighted by Crippen LogP contribution is -2.28. The summed E-state index contributed by atoms with van der Waals surface area (Å²) in [6.07, 6.45) is -14.0. The van der Waals surface area contributed by atoms with Gasteiger partial charge < -0.3 is 76.9 Å². The van der Waals surface area contributed by atoms with E-state index >= 15 is 0 Å². The predicted molar refractivity (Wildman–Crippen MR) is 518 cm³/mol. The van der Waals surface area contributed by atoms with Crippen molar-refractivity contribution in [3.63, 3.8) is 0 Å². The maximum atomic E-state index is 13.7. The van der Waals surface area contributed by atoms with Crippen LogP contribution >= 0.6 is 46.4 Å². The van der Waals surface area contributed by atoms with Gasteiger partial charge in [-0.2, -0.15) is 0 Å². The second-order valence-corrected chi connectivity index (χ2v) is 33.2. The van der Waals surface area contributed by atoms with Gasteiger partial charge >= 0.3 is 23.9 Å². The number of esters is 4. The number of alkyl halides is 8. The van der Waals surface area contributed by atoms with E-state index in [9.17, 15) is 83.7 Å². The fraction of sp³-hybridized carbons (Fsp3) is 0.308. The molecule has 4 aliphatic rings. The monoisotopic (exact) mass is 2040 g/mol. The Morgan fingerprint density at radius 1 is 0.303 bits per heavy atom. The minimum atomic E-state index is -2.77. The molecule has 0 aromatic heterocycles. The van der Waals surface area contributed by atoms with E-state index < -0.39 is 94.2 Å². The number of fused-ring (bicyclic) bond motifs is 8. The van der Waals surface area contributed by atoms with Crippen LogP contribution < -0.4 is 57.5 Å². The molecule has 16 rings (SSSR count). The number of hydrogen-bond acceptors (Lipinski definition) is 22. The van der Waals surface area contributed by atoms with Crippen molar-refractivity contribution in [3.8, 4) is 46.0 Å². The van der Waals surface area contributed by atoms with E-state index in [-0.39, 0.29) is 196 Å². The third-order valence-corrected chi connectivity index (χ3v) is 23.7. The van der Waals surface area contributed by atoms with Crippen LogP contribution in [0.2, 0.25) is 20.1 Å². The molecule has 0 bridgehead atoms.